The predicted molar refractivity (Wildman–Crippen MR) is 64.5 cm³/mol. The summed E-state index contributed by atoms with van der Waals surface area (Å²) in [7, 11) is 0. The molecule has 8 nitrogen and oxygen atoms in total. The van der Waals surface area contributed by atoms with E-state index in [2.05, 4.69) is 15.5 Å². The Hall–Kier alpha value is -2.51. The molecule has 8 heteroatoms. The lowest BCUT2D eigenvalue weighted by Gasteiger charge is -2.06. The summed E-state index contributed by atoms with van der Waals surface area (Å²) in [4.78, 5) is 23.1. The SMILES string of the molecule is CCOC(=O)c1nnnn1CCn1ccccc1=O. The number of esters is 1. The molecule has 0 radical (unpaired) electrons. The maximum atomic E-state index is 11.6. The van der Waals surface area contributed by atoms with Gasteiger partial charge in [-0.2, -0.15) is 0 Å². The van der Waals surface area contributed by atoms with E-state index in [0.29, 0.717) is 13.1 Å². The van der Waals surface area contributed by atoms with Gasteiger partial charge < -0.3 is 9.30 Å². The molecule has 0 saturated carbocycles. The molecule has 0 aliphatic heterocycles. The minimum atomic E-state index is -0.576. The highest BCUT2D eigenvalue weighted by molar-refractivity contribution is 5.85. The van der Waals surface area contributed by atoms with Crippen molar-refractivity contribution in [2.45, 2.75) is 20.0 Å². The monoisotopic (exact) mass is 263 g/mol. The first kappa shape index (κ1) is 12.9. The van der Waals surface area contributed by atoms with Crippen LogP contribution in [0.3, 0.4) is 0 Å². The van der Waals surface area contributed by atoms with Crippen LogP contribution in [0.2, 0.25) is 0 Å². The highest BCUT2D eigenvalue weighted by atomic mass is 16.5. The van der Waals surface area contributed by atoms with Crippen LogP contribution in [-0.2, 0) is 17.8 Å². The minimum Gasteiger partial charge on any atom is -0.460 e. The van der Waals surface area contributed by atoms with Crippen molar-refractivity contribution in [1.82, 2.24) is 24.8 Å². The van der Waals surface area contributed by atoms with Crippen molar-refractivity contribution in [3.63, 3.8) is 0 Å². The molecule has 0 spiro atoms. The van der Waals surface area contributed by atoms with Crippen LogP contribution < -0.4 is 5.56 Å². The zero-order valence-corrected chi connectivity index (χ0v) is 10.4. The molecular formula is C11H13N5O3. The third kappa shape index (κ3) is 3.03. The number of carbonyl (C=O) groups excluding carboxylic acids is 1. The second kappa shape index (κ2) is 5.89. The summed E-state index contributed by atoms with van der Waals surface area (Å²) in [5, 5.41) is 10.7. The van der Waals surface area contributed by atoms with Gasteiger partial charge in [-0.3, -0.25) is 4.79 Å². The van der Waals surface area contributed by atoms with Crippen molar-refractivity contribution < 1.29 is 9.53 Å². The van der Waals surface area contributed by atoms with Crippen molar-refractivity contribution in [2.24, 2.45) is 0 Å². The van der Waals surface area contributed by atoms with Crippen molar-refractivity contribution in [1.29, 1.82) is 0 Å². The van der Waals surface area contributed by atoms with Gasteiger partial charge in [-0.15, -0.1) is 5.10 Å². The largest absolute Gasteiger partial charge is 0.460 e. The third-order valence-electron chi connectivity index (χ3n) is 2.44. The molecule has 0 unspecified atom stereocenters. The molecule has 0 aromatic carbocycles. The molecular weight excluding hydrogens is 250 g/mol. The van der Waals surface area contributed by atoms with Gasteiger partial charge in [-0.25, -0.2) is 9.48 Å². The third-order valence-corrected chi connectivity index (χ3v) is 2.44. The molecule has 2 rings (SSSR count). The molecule has 0 fully saturated rings. The van der Waals surface area contributed by atoms with E-state index >= 15 is 0 Å². The Morgan fingerprint density at radius 1 is 1.37 bits per heavy atom. The second-order valence-electron chi connectivity index (χ2n) is 3.68. The molecule has 0 atom stereocenters. The van der Waals surface area contributed by atoms with Crippen molar-refractivity contribution >= 4 is 5.97 Å². The van der Waals surface area contributed by atoms with Gasteiger partial charge >= 0.3 is 5.97 Å². The molecule has 0 aliphatic rings. The number of aromatic nitrogens is 5. The van der Waals surface area contributed by atoms with E-state index in [1.165, 1.54) is 15.3 Å². The van der Waals surface area contributed by atoms with Crippen molar-refractivity contribution in [3.8, 4) is 0 Å². The number of hydrogen-bond donors (Lipinski definition) is 0. The summed E-state index contributed by atoms with van der Waals surface area (Å²) in [5.41, 5.74) is -0.117. The molecule has 0 bridgehead atoms. The van der Waals surface area contributed by atoms with E-state index < -0.39 is 5.97 Å². The van der Waals surface area contributed by atoms with Crippen LogP contribution in [0.15, 0.2) is 29.2 Å². The second-order valence-corrected chi connectivity index (χ2v) is 3.68. The summed E-state index contributed by atoms with van der Waals surface area (Å²) < 4.78 is 7.66. The lowest BCUT2D eigenvalue weighted by atomic mass is 10.4. The van der Waals surface area contributed by atoms with E-state index in [1.807, 2.05) is 0 Å². The maximum absolute atomic E-state index is 11.6. The molecule has 0 aliphatic carbocycles. The highest BCUT2D eigenvalue weighted by Gasteiger charge is 2.16. The molecule has 0 N–H and O–H groups in total. The Bertz CT molecular complexity index is 619. The van der Waals surface area contributed by atoms with Gasteiger partial charge in [0.25, 0.3) is 11.4 Å². The Kier molecular flexibility index (Phi) is 4.01. The van der Waals surface area contributed by atoms with Crippen LogP contribution in [0.5, 0.6) is 0 Å². The van der Waals surface area contributed by atoms with Crippen LogP contribution >= 0.6 is 0 Å². The van der Waals surface area contributed by atoms with Crippen LogP contribution in [0.4, 0.5) is 0 Å². The molecule has 2 aromatic heterocycles. The average Bonchev–Trinajstić information content (AvgIpc) is 2.86. The Balaban J connectivity index is 2.09. The van der Waals surface area contributed by atoms with Crippen LogP contribution in [0.1, 0.15) is 17.5 Å². The first-order valence-electron chi connectivity index (χ1n) is 5.81. The van der Waals surface area contributed by atoms with E-state index in [-0.39, 0.29) is 18.0 Å². The lowest BCUT2D eigenvalue weighted by molar-refractivity contribution is 0.0504. The number of aryl methyl sites for hydroxylation is 2. The maximum Gasteiger partial charge on any atom is 0.378 e. The van der Waals surface area contributed by atoms with Gasteiger partial charge in [0.05, 0.1) is 13.2 Å². The summed E-state index contributed by atoms with van der Waals surface area (Å²) in [6, 6.07) is 4.89. The fourth-order valence-corrected chi connectivity index (χ4v) is 1.54. The molecule has 100 valence electrons. The minimum absolute atomic E-state index is 0.0332. The number of pyridine rings is 1. The Morgan fingerprint density at radius 3 is 2.95 bits per heavy atom. The molecule has 19 heavy (non-hydrogen) atoms. The highest BCUT2D eigenvalue weighted by Crippen LogP contribution is 1.97. The fraction of sp³-hybridized carbons (Fsp3) is 0.364. The molecule has 2 aromatic rings. The predicted octanol–water partition coefficient (Wildman–Crippen LogP) is -0.288. The average molecular weight is 263 g/mol. The zero-order valence-electron chi connectivity index (χ0n) is 10.4. The topological polar surface area (TPSA) is 91.9 Å². The summed E-state index contributed by atoms with van der Waals surface area (Å²) in [5.74, 6) is -0.543. The number of rotatable bonds is 5. The van der Waals surface area contributed by atoms with E-state index in [4.69, 9.17) is 4.74 Å². The van der Waals surface area contributed by atoms with Gasteiger partial charge in [0.2, 0.25) is 0 Å². The molecule has 0 amide bonds. The molecule has 0 saturated heterocycles. The first-order chi connectivity index (χ1) is 9.22. The standard InChI is InChI=1S/C11H13N5O3/c1-2-19-11(18)10-12-13-14-16(10)8-7-15-6-4-3-5-9(15)17/h3-6H,2,7-8H2,1H3. The number of nitrogens with zero attached hydrogens (tertiary/aromatic N) is 5. The van der Waals surface area contributed by atoms with Crippen LogP contribution in [0.25, 0.3) is 0 Å². The normalized spacial score (nSPS) is 10.4. The molecule has 2 heterocycles. The number of carbonyl (C=O) groups is 1. The van der Waals surface area contributed by atoms with Crippen molar-refractivity contribution in [2.75, 3.05) is 6.61 Å². The van der Waals surface area contributed by atoms with Crippen LogP contribution in [-0.4, -0.2) is 37.4 Å². The number of ether oxygens (including phenoxy) is 1. The summed E-state index contributed by atoms with van der Waals surface area (Å²) in [6.07, 6.45) is 1.66. The quantitative estimate of drug-likeness (QED) is 0.688. The summed E-state index contributed by atoms with van der Waals surface area (Å²) >= 11 is 0. The van der Waals surface area contributed by atoms with E-state index in [9.17, 15) is 9.59 Å². The van der Waals surface area contributed by atoms with Crippen molar-refractivity contribution in [3.05, 3.63) is 40.6 Å². The van der Waals surface area contributed by atoms with Crippen LogP contribution in [0, 0.1) is 0 Å². The zero-order chi connectivity index (χ0) is 13.7. The number of tetrazole rings is 1. The lowest BCUT2D eigenvalue weighted by Crippen LogP contribution is -2.23. The summed E-state index contributed by atoms with van der Waals surface area (Å²) in [6.45, 7) is 2.64. The Labute approximate surface area is 108 Å². The smallest absolute Gasteiger partial charge is 0.378 e. The fourth-order valence-electron chi connectivity index (χ4n) is 1.54. The van der Waals surface area contributed by atoms with Gasteiger partial charge in [0, 0.05) is 18.8 Å². The number of hydrogen-bond acceptors (Lipinski definition) is 6. The van der Waals surface area contributed by atoms with Gasteiger partial charge in [0.15, 0.2) is 0 Å². The van der Waals surface area contributed by atoms with E-state index in [1.54, 1.807) is 25.3 Å². The first-order valence-corrected chi connectivity index (χ1v) is 5.81. The van der Waals surface area contributed by atoms with Gasteiger partial charge in [0.1, 0.15) is 0 Å². The van der Waals surface area contributed by atoms with Gasteiger partial charge in [-0.1, -0.05) is 6.07 Å². The van der Waals surface area contributed by atoms with Gasteiger partial charge in [-0.05, 0) is 23.4 Å². The Morgan fingerprint density at radius 2 is 2.21 bits per heavy atom. The van der Waals surface area contributed by atoms with E-state index in [0.717, 1.165) is 0 Å².